The van der Waals surface area contributed by atoms with E-state index in [0.29, 0.717) is 0 Å². The summed E-state index contributed by atoms with van der Waals surface area (Å²) in [6, 6.07) is 3.81. The van der Waals surface area contributed by atoms with Crippen LogP contribution in [-0.2, 0) is 0 Å². The molecule has 1 heterocycles. The third kappa shape index (κ3) is 3.55. The van der Waals surface area contributed by atoms with Crippen LogP contribution in [0, 0.1) is 6.92 Å². The van der Waals surface area contributed by atoms with E-state index >= 15 is 0 Å². The zero-order valence-electron chi connectivity index (χ0n) is 7.55. The molecule has 0 radical (unpaired) electrons. The van der Waals surface area contributed by atoms with Gasteiger partial charge in [0.15, 0.2) is 0 Å². The van der Waals surface area contributed by atoms with Crippen molar-refractivity contribution in [2.75, 3.05) is 12.4 Å². The fourth-order valence-corrected chi connectivity index (χ4v) is 0.532. The molecule has 0 aromatic carbocycles. The van der Waals surface area contributed by atoms with E-state index in [0.717, 1.165) is 11.5 Å². The highest BCUT2D eigenvalue weighted by atomic mass is 15.2. The first-order valence-corrected chi connectivity index (χ1v) is 3.81. The van der Waals surface area contributed by atoms with Crippen LogP contribution in [0.4, 0.5) is 5.82 Å². The van der Waals surface area contributed by atoms with Crippen molar-refractivity contribution in [2.24, 2.45) is 0 Å². The van der Waals surface area contributed by atoms with Crippen molar-refractivity contribution in [3.8, 4) is 0 Å². The van der Waals surface area contributed by atoms with Crippen LogP contribution >= 0.6 is 0 Å². The minimum absolute atomic E-state index is 0.806. The van der Waals surface area contributed by atoms with Gasteiger partial charge in [0.25, 0.3) is 0 Å². The van der Waals surface area contributed by atoms with Crippen LogP contribution in [0.15, 0.2) is 12.1 Å². The van der Waals surface area contributed by atoms with E-state index in [-0.39, 0.29) is 0 Å². The quantitative estimate of drug-likeness (QED) is 0.669. The molecular formula is C8H15N3. The minimum Gasteiger partial charge on any atom is -0.372 e. The summed E-state index contributed by atoms with van der Waals surface area (Å²) in [5.41, 5.74) is 0.939. The Bertz CT molecular complexity index is 181. The van der Waals surface area contributed by atoms with Gasteiger partial charge in [-0.3, -0.25) is 0 Å². The predicted molar refractivity (Wildman–Crippen MR) is 47.7 cm³/mol. The lowest BCUT2D eigenvalue weighted by atomic mass is 10.4. The van der Waals surface area contributed by atoms with Crippen LogP contribution in [0.2, 0.25) is 0 Å². The average molecular weight is 153 g/mol. The summed E-state index contributed by atoms with van der Waals surface area (Å²) < 4.78 is 0. The molecule has 0 fully saturated rings. The summed E-state index contributed by atoms with van der Waals surface area (Å²) in [6.45, 7) is 5.91. The molecule has 0 spiro atoms. The second-order valence-corrected chi connectivity index (χ2v) is 1.81. The molecule has 0 amide bonds. The summed E-state index contributed by atoms with van der Waals surface area (Å²) in [6.07, 6.45) is 0. The zero-order valence-corrected chi connectivity index (χ0v) is 7.55. The van der Waals surface area contributed by atoms with Gasteiger partial charge in [0.05, 0.1) is 5.69 Å². The molecule has 0 bridgehead atoms. The fraction of sp³-hybridized carbons (Fsp3) is 0.500. The van der Waals surface area contributed by atoms with Crippen LogP contribution in [-0.4, -0.2) is 17.2 Å². The lowest BCUT2D eigenvalue weighted by molar-refractivity contribution is 0.982. The van der Waals surface area contributed by atoms with E-state index in [4.69, 9.17) is 0 Å². The number of nitrogens with zero attached hydrogens (tertiary/aromatic N) is 2. The van der Waals surface area contributed by atoms with Crippen molar-refractivity contribution >= 4 is 5.82 Å². The highest BCUT2D eigenvalue weighted by molar-refractivity contribution is 5.31. The van der Waals surface area contributed by atoms with E-state index in [1.54, 1.807) is 0 Å². The first kappa shape index (κ1) is 9.88. The van der Waals surface area contributed by atoms with Gasteiger partial charge in [-0.25, -0.2) is 0 Å². The molecular weight excluding hydrogens is 138 g/mol. The summed E-state index contributed by atoms with van der Waals surface area (Å²) in [5.74, 6) is 0.806. The number of rotatable bonds is 1. The van der Waals surface area contributed by atoms with Gasteiger partial charge < -0.3 is 5.32 Å². The molecule has 62 valence electrons. The Morgan fingerprint density at radius 3 is 2.18 bits per heavy atom. The molecule has 3 heteroatoms. The molecule has 0 unspecified atom stereocenters. The van der Waals surface area contributed by atoms with Gasteiger partial charge in [-0.05, 0) is 19.1 Å². The maximum absolute atomic E-state index is 3.84. The lowest BCUT2D eigenvalue weighted by Crippen LogP contribution is -1.94. The highest BCUT2D eigenvalue weighted by Crippen LogP contribution is 1.97. The molecule has 0 saturated carbocycles. The SMILES string of the molecule is CC.CNc1ccc(C)nn1. The third-order valence-corrected chi connectivity index (χ3v) is 1.05. The number of hydrogen-bond acceptors (Lipinski definition) is 3. The van der Waals surface area contributed by atoms with Crippen molar-refractivity contribution in [2.45, 2.75) is 20.8 Å². The van der Waals surface area contributed by atoms with Crippen LogP contribution < -0.4 is 5.32 Å². The van der Waals surface area contributed by atoms with Crippen LogP contribution in [0.3, 0.4) is 0 Å². The van der Waals surface area contributed by atoms with Gasteiger partial charge in [0.1, 0.15) is 5.82 Å². The largest absolute Gasteiger partial charge is 0.372 e. The Kier molecular flexibility index (Phi) is 5.07. The van der Waals surface area contributed by atoms with E-state index in [1.165, 1.54) is 0 Å². The molecule has 1 rings (SSSR count). The first-order valence-electron chi connectivity index (χ1n) is 3.81. The third-order valence-electron chi connectivity index (χ3n) is 1.05. The number of aryl methyl sites for hydroxylation is 1. The van der Waals surface area contributed by atoms with Crippen LogP contribution in [0.25, 0.3) is 0 Å². The number of aromatic nitrogens is 2. The van der Waals surface area contributed by atoms with Crippen LogP contribution in [0.1, 0.15) is 19.5 Å². The van der Waals surface area contributed by atoms with Gasteiger partial charge >= 0.3 is 0 Å². The van der Waals surface area contributed by atoms with Crippen LogP contribution in [0.5, 0.6) is 0 Å². The molecule has 0 saturated heterocycles. The standard InChI is InChI=1S/C6H9N3.C2H6/c1-5-3-4-6(7-2)9-8-5;1-2/h3-4H,1-2H3,(H,7,9);1-2H3. The summed E-state index contributed by atoms with van der Waals surface area (Å²) in [7, 11) is 1.82. The molecule has 1 N–H and O–H groups in total. The molecule has 1 aromatic heterocycles. The summed E-state index contributed by atoms with van der Waals surface area (Å²) >= 11 is 0. The van der Waals surface area contributed by atoms with Crippen molar-refractivity contribution < 1.29 is 0 Å². The Labute approximate surface area is 67.9 Å². The Balaban J connectivity index is 0.000000461. The Hall–Kier alpha value is -1.12. The summed E-state index contributed by atoms with van der Waals surface area (Å²) in [5, 5.41) is 10.6. The fourth-order valence-electron chi connectivity index (χ4n) is 0.532. The molecule has 0 aliphatic rings. The predicted octanol–water partition coefficient (Wildman–Crippen LogP) is 1.85. The van der Waals surface area contributed by atoms with E-state index in [1.807, 2.05) is 40.0 Å². The second kappa shape index (κ2) is 5.65. The monoisotopic (exact) mass is 153 g/mol. The molecule has 0 aliphatic heterocycles. The Morgan fingerprint density at radius 1 is 1.18 bits per heavy atom. The van der Waals surface area contributed by atoms with Crippen molar-refractivity contribution in [1.29, 1.82) is 0 Å². The first-order chi connectivity index (χ1) is 5.33. The molecule has 3 nitrogen and oxygen atoms in total. The van der Waals surface area contributed by atoms with Crippen molar-refractivity contribution in [1.82, 2.24) is 10.2 Å². The number of nitrogens with one attached hydrogen (secondary N) is 1. The maximum Gasteiger partial charge on any atom is 0.148 e. The number of hydrogen-bond donors (Lipinski definition) is 1. The second-order valence-electron chi connectivity index (χ2n) is 1.81. The topological polar surface area (TPSA) is 37.8 Å². The minimum atomic E-state index is 0.806. The van der Waals surface area contributed by atoms with Gasteiger partial charge in [0.2, 0.25) is 0 Å². The maximum atomic E-state index is 3.84. The zero-order chi connectivity index (χ0) is 8.69. The normalized spacial score (nSPS) is 8.00. The van der Waals surface area contributed by atoms with E-state index in [2.05, 4.69) is 15.5 Å². The van der Waals surface area contributed by atoms with Gasteiger partial charge in [-0.15, -0.1) is 5.10 Å². The van der Waals surface area contributed by atoms with E-state index < -0.39 is 0 Å². The smallest absolute Gasteiger partial charge is 0.148 e. The van der Waals surface area contributed by atoms with Crippen molar-refractivity contribution in [3.63, 3.8) is 0 Å². The highest BCUT2D eigenvalue weighted by Gasteiger charge is 1.86. The van der Waals surface area contributed by atoms with Gasteiger partial charge in [-0.1, -0.05) is 13.8 Å². The molecule has 11 heavy (non-hydrogen) atoms. The number of anilines is 1. The van der Waals surface area contributed by atoms with Crippen molar-refractivity contribution in [3.05, 3.63) is 17.8 Å². The van der Waals surface area contributed by atoms with E-state index in [9.17, 15) is 0 Å². The Morgan fingerprint density at radius 2 is 1.82 bits per heavy atom. The van der Waals surface area contributed by atoms with Gasteiger partial charge in [-0.2, -0.15) is 5.10 Å². The lowest BCUT2D eigenvalue weighted by Gasteiger charge is -1.94. The average Bonchev–Trinajstić information content (AvgIpc) is 2.10. The molecule has 1 aromatic rings. The summed E-state index contributed by atoms with van der Waals surface area (Å²) in [4.78, 5) is 0. The van der Waals surface area contributed by atoms with Gasteiger partial charge in [0, 0.05) is 7.05 Å². The molecule has 0 atom stereocenters. The molecule has 0 aliphatic carbocycles.